The van der Waals surface area contributed by atoms with E-state index in [0.29, 0.717) is 0 Å². The molecule has 0 bridgehead atoms. The van der Waals surface area contributed by atoms with Crippen LogP contribution in [0.1, 0.15) is 77.5 Å². The molecule has 1 aromatic heterocycles. The summed E-state index contributed by atoms with van der Waals surface area (Å²) in [5.41, 5.74) is 0. The van der Waals surface area contributed by atoms with Crippen molar-refractivity contribution in [3.05, 3.63) is 22.4 Å². The summed E-state index contributed by atoms with van der Waals surface area (Å²) in [6.07, 6.45) is 11.3. The maximum absolute atomic E-state index is 2.32. The van der Waals surface area contributed by atoms with Gasteiger partial charge in [-0.25, -0.2) is 0 Å². The zero-order valence-corrected chi connectivity index (χ0v) is 13.7. The first kappa shape index (κ1) is 17.7. The summed E-state index contributed by atoms with van der Waals surface area (Å²) >= 11 is 1.90. The predicted molar refractivity (Wildman–Crippen MR) is 86.5 cm³/mol. The van der Waals surface area contributed by atoms with Gasteiger partial charge in [0.15, 0.2) is 0 Å². The molecule has 1 heterocycles. The van der Waals surface area contributed by atoms with E-state index in [0.717, 1.165) is 5.92 Å². The second-order valence-corrected chi connectivity index (χ2v) is 6.17. The Labute approximate surface area is 119 Å². The third-order valence-corrected chi connectivity index (χ3v) is 3.97. The van der Waals surface area contributed by atoms with Gasteiger partial charge in [-0.3, -0.25) is 0 Å². The highest BCUT2D eigenvalue weighted by Crippen LogP contribution is 2.15. The molecular weight excluding hydrogens is 236 g/mol. The molecule has 0 radical (unpaired) electrons. The molecule has 18 heavy (non-hydrogen) atoms. The van der Waals surface area contributed by atoms with Crippen LogP contribution in [0.2, 0.25) is 0 Å². The van der Waals surface area contributed by atoms with E-state index in [4.69, 9.17) is 0 Å². The number of rotatable bonds is 9. The van der Waals surface area contributed by atoms with Gasteiger partial charge in [-0.2, -0.15) is 0 Å². The van der Waals surface area contributed by atoms with Crippen molar-refractivity contribution in [1.29, 1.82) is 0 Å². The van der Waals surface area contributed by atoms with Crippen LogP contribution in [0.25, 0.3) is 0 Å². The molecule has 1 aromatic rings. The first-order chi connectivity index (χ1) is 8.79. The molecule has 1 heteroatoms. The van der Waals surface area contributed by atoms with Gasteiger partial charge in [-0.05, 0) is 30.2 Å². The van der Waals surface area contributed by atoms with Gasteiger partial charge < -0.3 is 0 Å². The quantitative estimate of drug-likeness (QED) is 0.437. The van der Waals surface area contributed by atoms with E-state index in [-0.39, 0.29) is 0 Å². The van der Waals surface area contributed by atoms with Crippen molar-refractivity contribution in [1.82, 2.24) is 0 Å². The first-order valence-corrected chi connectivity index (χ1v) is 8.69. The zero-order valence-electron chi connectivity index (χ0n) is 12.9. The van der Waals surface area contributed by atoms with Gasteiger partial charge >= 0.3 is 0 Å². The van der Waals surface area contributed by atoms with Gasteiger partial charge in [0, 0.05) is 4.88 Å². The Balaban J connectivity index is 0.00000137. The average Bonchev–Trinajstić information content (AvgIpc) is 2.88. The monoisotopic (exact) mass is 268 g/mol. The van der Waals surface area contributed by atoms with Crippen LogP contribution in [0.3, 0.4) is 0 Å². The molecule has 0 fully saturated rings. The van der Waals surface area contributed by atoms with Crippen molar-refractivity contribution in [3.8, 4) is 0 Å². The lowest BCUT2D eigenvalue weighted by Gasteiger charge is -2.04. The van der Waals surface area contributed by atoms with Crippen molar-refractivity contribution >= 4 is 11.3 Å². The Kier molecular flexibility index (Phi) is 12.9. The molecule has 0 aliphatic rings. The average molecular weight is 269 g/mol. The molecule has 0 N–H and O–H groups in total. The van der Waals surface area contributed by atoms with E-state index in [2.05, 4.69) is 31.4 Å². The van der Waals surface area contributed by atoms with E-state index in [9.17, 15) is 0 Å². The molecule has 0 aliphatic heterocycles. The number of unbranched alkanes of at least 4 members (excludes halogenated alkanes) is 5. The summed E-state index contributed by atoms with van der Waals surface area (Å²) in [6, 6.07) is 4.42. The van der Waals surface area contributed by atoms with Crippen LogP contribution in [0.15, 0.2) is 17.5 Å². The molecule has 0 nitrogen and oxygen atoms in total. The lowest BCUT2D eigenvalue weighted by molar-refractivity contribution is 0.512. The lowest BCUT2D eigenvalue weighted by Crippen LogP contribution is -1.87. The molecule has 0 amide bonds. The summed E-state index contributed by atoms with van der Waals surface area (Å²) in [5.74, 6) is 0.888. The Hall–Kier alpha value is -0.300. The third-order valence-electron chi connectivity index (χ3n) is 3.03. The molecular formula is C17H32S. The van der Waals surface area contributed by atoms with Crippen molar-refractivity contribution < 1.29 is 0 Å². The lowest BCUT2D eigenvalue weighted by atomic mass is 10.0. The standard InChI is InChI=1S/C15H26S.C2H6/c1-14(2)10-7-5-3-4-6-8-11-15-12-9-13-16-15;1-2/h9,12-14H,3-8,10-11H2,1-2H3;1-2H3. The van der Waals surface area contributed by atoms with Crippen molar-refractivity contribution in [2.75, 3.05) is 0 Å². The summed E-state index contributed by atoms with van der Waals surface area (Å²) in [5, 5.41) is 2.18. The van der Waals surface area contributed by atoms with Crippen LogP contribution in [-0.4, -0.2) is 0 Å². The highest BCUT2D eigenvalue weighted by molar-refractivity contribution is 7.09. The van der Waals surface area contributed by atoms with Crippen molar-refractivity contribution in [3.63, 3.8) is 0 Å². The van der Waals surface area contributed by atoms with Crippen molar-refractivity contribution in [2.45, 2.75) is 79.1 Å². The smallest absolute Gasteiger partial charge is 0.00452 e. The van der Waals surface area contributed by atoms with Crippen LogP contribution in [0, 0.1) is 5.92 Å². The number of hydrogen-bond acceptors (Lipinski definition) is 1. The Bertz CT molecular complexity index is 236. The fourth-order valence-electron chi connectivity index (χ4n) is 2.01. The van der Waals surface area contributed by atoms with E-state index >= 15 is 0 Å². The van der Waals surface area contributed by atoms with Crippen LogP contribution < -0.4 is 0 Å². The number of aryl methyl sites for hydroxylation is 1. The second kappa shape index (κ2) is 13.1. The fourth-order valence-corrected chi connectivity index (χ4v) is 2.77. The zero-order chi connectivity index (χ0) is 13.6. The summed E-state index contributed by atoms with van der Waals surface area (Å²) in [6.45, 7) is 8.64. The molecule has 0 spiro atoms. The minimum atomic E-state index is 0.888. The molecule has 106 valence electrons. The maximum atomic E-state index is 2.32. The normalized spacial score (nSPS) is 10.3. The minimum Gasteiger partial charge on any atom is -0.149 e. The highest BCUT2D eigenvalue weighted by Gasteiger charge is 1.96. The Morgan fingerprint density at radius 3 is 2.11 bits per heavy atom. The molecule has 0 aliphatic carbocycles. The number of hydrogen-bond donors (Lipinski definition) is 0. The van der Waals surface area contributed by atoms with Crippen LogP contribution >= 0.6 is 11.3 Å². The molecule has 0 aromatic carbocycles. The minimum absolute atomic E-state index is 0.888. The molecule has 1 rings (SSSR count). The Morgan fingerprint density at radius 2 is 1.56 bits per heavy atom. The fraction of sp³-hybridized carbons (Fsp3) is 0.765. The summed E-state index contributed by atoms with van der Waals surface area (Å²) in [7, 11) is 0. The van der Waals surface area contributed by atoms with E-state index in [1.165, 1.54) is 51.4 Å². The number of thiophene rings is 1. The summed E-state index contributed by atoms with van der Waals surface area (Å²) < 4.78 is 0. The molecule has 0 saturated carbocycles. The highest BCUT2D eigenvalue weighted by atomic mass is 32.1. The van der Waals surface area contributed by atoms with Gasteiger partial charge in [-0.1, -0.05) is 72.3 Å². The molecule has 0 saturated heterocycles. The topological polar surface area (TPSA) is 0 Å². The van der Waals surface area contributed by atoms with E-state index in [1.54, 1.807) is 4.88 Å². The first-order valence-electron chi connectivity index (χ1n) is 7.81. The van der Waals surface area contributed by atoms with E-state index < -0.39 is 0 Å². The van der Waals surface area contributed by atoms with Gasteiger partial charge in [-0.15, -0.1) is 11.3 Å². The molecule has 0 unspecified atom stereocenters. The van der Waals surface area contributed by atoms with Crippen molar-refractivity contribution in [2.24, 2.45) is 5.92 Å². The SMILES string of the molecule is CC.CC(C)CCCCCCCCc1cccs1. The third kappa shape index (κ3) is 10.8. The Morgan fingerprint density at radius 1 is 0.944 bits per heavy atom. The van der Waals surface area contributed by atoms with Crippen LogP contribution in [0.5, 0.6) is 0 Å². The second-order valence-electron chi connectivity index (χ2n) is 5.13. The van der Waals surface area contributed by atoms with E-state index in [1.807, 2.05) is 25.2 Å². The van der Waals surface area contributed by atoms with Gasteiger partial charge in [0.05, 0.1) is 0 Å². The van der Waals surface area contributed by atoms with Gasteiger partial charge in [0.1, 0.15) is 0 Å². The van der Waals surface area contributed by atoms with Crippen LogP contribution in [-0.2, 0) is 6.42 Å². The van der Waals surface area contributed by atoms with Crippen LogP contribution in [0.4, 0.5) is 0 Å². The van der Waals surface area contributed by atoms with Gasteiger partial charge in [0.2, 0.25) is 0 Å². The largest absolute Gasteiger partial charge is 0.149 e. The summed E-state index contributed by atoms with van der Waals surface area (Å²) in [4.78, 5) is 1.56. The van der Waals surface area contributed by atoms with Gasteiger partial charge in [0.25, 0.3) is 0 Å². The molecule has 0 atom stereocenters. The predicted octanol–water partition coefficient (Wildman–Crippen LogP) is 6.70. The maximum Gasteiger partial charge on any atom is 0.00452 e.